The Balaban J connectivity index is 1.78. The van der Waals surface area contributed by atoms with Crippen molar-refractivity contribution in [2.24, 2.45) is 5.92 Å². The molecule has 0 saturated carbocycles. The van der Waals surface area contributed by atoms with E-state index in [1.165, 1.54) is 5.56 Å². The molecule has 7 heteroatoms. The number of carbonyl (C=O) groups excluding carboxylic acids is 1. The zero-order valence-electron chi connectivity index (χ0n) is 15.3. The molecule has 0 atom stereocenters. The number of hydrazine groups is 1. The first-order valence-electron chi connectivity index (χ1n) is 8.62. The van der Waals surface area contributed by atoms with E-state index in [9.17, 15) is 4.79 Å². The Morgan fingerprint density at radius 2 is 1.88 bits per heavy atom. The molecule has 0 aliphatic heterocycles. The Hall–Kier alpha value is -2.54. The number of benzene rings is 1. The molecule has 1 aromatic heterocycles. The monoisotopic (exact) mass is 375 g/mol. The summed E-state index contributed by atoms with van der Waals surface area (Å²) in [5, 5.41) is 3.35. The average Bonchev–Trinajstić information content (AvgIpc) is 3.12. The van der Waals surface area contributed by atoms with Crippen LogP contribution in [0.15, 0.2) is 40.8 Å². The molecule has 1 amide bonds. The molecule has 140 valence electrons. The fraction of sp³-hybridized carbons (Fsp3) is 0.368. The lowest BCUT2D eigenvalue weighted by atomic mass is 10.2. The maximum Gasteiger partial charge on any atom is 0.305 e. The fourth-order valence-corrected chi connectivity index (χ4v) is 2.20. The number of amides is 1. The summed E-state index contributed by atoms with van der Waals surface area (Å²) in [4.78, 5) is 12.0. The highest BCUT2D eigenvalue weighted by molar-refractivity contribution is 7.80. The number of carbonyl (C=O) groups is 1. The van der Waals surface area contributed by atoms with Crippen molar-refractivity contribution in [3.63, 3.8) is 0 Å². The zero-order chi connectivity index (χ0) is 18.9. The Kier molecular flexibility index (Phi) is 7.47. The predicted molar refractivity (Wildman–Crippen MR) is 105 cm³/mol. The van der Waals surface area contributed by atoms with E-state index in [0.717, 1.165) is 18.7 Å². The number of ether oxygens (including phenoxy) is 1. The van der Waals surface area contributed by atoms with E-state index in [1.807, 2.05) is 24.3 Å². The molecule has 26 heavy (non-hydrogen) atoms. The second-order valence-corrected chi connectivity index (χ2v) is 6.64. The van der Waals surface area contributed by atoms with Gasteiger partial charge in [0.1, 0.15) is 18.1 Å². The van der Waals surface area contributed by atoms with Crippen LogP contribution in [0.1, 0.15) is 42.6 Å². The van der Waals surface area contributed by atoms with Crippen molar-refractivity contribution in [3.05, 3.63) is 53.5 Å². The molecule has 2 rings (SSSR count). The van der Waals surface area contributed by atoms with Crippen molar-refractivity contribution >= 4 is 23.2 Å². The van der Waals surface area contributed by atoms with Crippen molar-refractivity contribution in [1.29, 1.82) is 0 Å². The molecule has 0 spiro atoms. The number of thiocarbonyl (C=S) groups is 1. The van der Waals surface area contributed by atoms with Gasteiger partial charge in [0.15, 0.2) is 10.9 Å². The summed E-state index contributed by atoms with van der Waals surface area (Å²) in [7, 11) is 0. The van der Waals surface area contributed by atoms with Gasteiger partial charge in [-0.3, -0.25) is 15.6 Å². The topological polar surface area (TPSA) is 75.5 Å². The Labute approximate surface area is 159 Å². The van der Waals surface area contributed by atoms with Crippen molar-refractivity contribution in [3.8, 4) is 5.75 Å². The standard InChI is InChI=1S/C19H25N3O3S/c1-4-14-5-7-15(8-6-14)24-12-16-9-10-17(25-16)18(23)21-22-19(26)20-11-13(2)3/h5-10,13H,4,11-12H2,1-3H3,(H,21,23)(H2,20,22,26). The predicted octanol–water partition coefficient (Wildman–Crippen LogP) is 3.19. The van der Waals surface area contributed by atoms with Crippen LogP contribution in [-0.4, -0.2) is 17.6 Å². The van der Waals surface area contributed by atoms with E-state index in [1.54, 1.807) is 12.1 Å². The van der Waals surface area contributed by atoms with E-state index in [2.05, 4.69) is 36.9 Å². The summed E-state index contributed by atoms with van der Waals surface area (Å²) in [6, 6.07) is 11.2. The van der Waals surface area contributed by atoms with Gasteiger partial charge in [0.2, 0.25) is 0 Å². The molecule has 3 N–H and O–H groups in total. The third-order valence-electron chi connectivity index (χ3n) is 3.56. The van der Waals surface area contributed by atoms with Crippen LogP contribution in [0, 0.1) is 5.92 Å². The second kappa shape index (κ2) is 9.82. The van der Waals surface area contributed by atoms with Crippen LogP contribution in [0.3, 0.4) is 0 Å². The number of rotatable bonds is 7. The maximum absolute atomic E-state index is 12.0. The van der Waals surface area contributed by atoms with Crippen LogP contribution in [0.4, 0.5) is 0 Å². The quantitative estimate of drug-likeness (QED) is 0.510. The third-order valence-corrected chi connectivity index (χ3v) is 3.80. The Bertz CT molecular complexity index is 726. The van der Waals surface area contributed by atoms with E-state index in [4.69, 9.17) is 21.4 Å². The molecule has 0 fully saturated rings. The summed E-state index contributed by atoms with van der Waals surface area (Å²) < 4.78 is 11.2. The van der Waals surface area contributed by atoms with Crippen LogP contribution in [-0.2, 0) is 13.0 Å². The maximum atomic E-state index is 12.0. The zero-order valence-corrected chi connectivity index (χ0v) is 16.1. The highest BCUT2D eigenvalue weighted by atomic mass is 32.1. The van der Waals surface area contributed by atoms with E-state index in [-0.39, 0.29) is 12.4 Å². The minimum Gasteiger partial charge on any atom is -0.486 e. The lowest BCUT2D eigenvalue weighted by molar-refractivity contribution is 0.0911. The molecule has 2 aromatic rings. The van der Waals surface area contributed by atoms with Crippen molar-refractivity contribution in [1.82, 2.24) is 16.2 Å². The molecule has 1 aromatic carbocycles. The van der Waals surface area contributed by atoms with Gasteiger partial charge in [0.05, 0.1) is 0 Å². The summed E-state index contributed by atoms with van der Waals surface area (Å²) in [5.41, 5.74) is 6.39. The summed E-state index contributed by atoms with van der Waals surface area (Å²) in [6.07, 6.45) is 0.987. The van der Waals surface area contributed by atoms with Gasteiger partial charge in [-0.25, -0.2) is 0 Å². The molecule has 0 saturated heterocycles. The van der Waals surface area contributed by atoms with Crippen LogP contribution in [0.25, 0.3) is 0 Å². The average molecular weight is 375 g/mol. The molecular weight excluding hydrogens is 350 g/mol. The SMILES string of the molecule is CCc1ccc(OCc2ccc(C(=O)NNC(=S)NCC(C)C)o2)cc1. The first-order chi connectivity index (χ1) is 12.5. The van der Waals surface area contributed by atoms with E-state index < -0.39 is 5.91 Å². The van der Waals surface area contributed by atoms with E-state index >= 15 is 0 Å². The normalized spacial score (nSPS) is 10.5. The number of hydrogen-bond donors (Lipinski definition) is 3. The van der Waals surface area contributed by atoms with Gasteiger partial charge in [0, 0.05) is 6.54 Å². The first kappa shape index (κ1) is 19.8. The lowest BCUT2D eigenvalue weighted by Gasteiger charge is -2.12. The number of furan rings is 1. The highest BCUT2D eigenvalue weighted by Crippen LogP contribution is 2.15. The van der Waals surface area contributed by atoms with Gasteiger partial charge in [0.25, 0.3) is 0 Å². The van der Waals surface area contributed by atoms with Crippen LogP contribution in [0.5, 0.6) is 5.75 Å². The molecule has 6 nitrogen and oxygen atoms in total. The minimum absolute atomic E-state index is 0.184. The smallest absolute Gasteiger partial charge is 0.305 e. The first-order valence-corrected chi connectivity index (χ1v) is 9.03. The number of hydrogen-bond acceptors (Lipinski definition) is 4. The molecular formula is C19H25N3O3S. The Morgan fingerprint density at radius 1 is 1.15 bits per heavy atom. The van der Waals surface area contributed by atoms with Gasteiger partial charge in [-0.15, -0.1) is 0 Å². The van der Waals surface area contributed by atoms with Crippen LogP contribution >= 0.6 is 12.2 Å². The number of nitrogens with one attached hydrogen (secondary N) is 3. The molecule has 0 aliphatic carbocycles. The molecule has 0 radical (unpaired) electrons. The van der Waals surface area contributed by atoms with Gasteiger partial charge in [-0.1, -0.05) is 32.9 Å². The van der Waals surface area contributed by atoms with Gasteiger partial charge in [-0.2, -0.15) is 0 Å². The van der Waals surface area contributed by atoms with Gasteiger partial charge < -0.3 is 14.5 Å². The van der Waals surface area contributed by atoms with E-state index in [0.29, 0.717) is 16.8 Å². The summed E-state index contributed by atoms with van der Waals surface area (Å²) in [5.74, 6) is 1.56. The highest BCUT2D eigenvalue weighted by Gasteiger charge is 2.12. The van der Waals surface area contributed by atoms with Crippen molar-refractivity contribution in [2.45, 2.75) is 33.8 Å². The third kappa shape index (κ3) is 6.40. The van der Waals surface area contributed by atoms with Gasteiger partial charge in [-0.05, 0) is 54.4 Å². The van der Waals surface area contributed by atoms with Gasteiger partial charge >= 0.3 is 5.91 Å². The summed E-state index contributed by atoms with van der Waals surface area (Å²) >= 11 is 5.07. The fourth-order valence-electron chi connectivity index (χ4n) is 2.07. The van der Waals surface area contributed by atoms with Crippen LogP contribution < -0.4 is 20.9 Å². The minimum atomic E-state index is -0.405. The van der Waals surface area contributed by atoms with Crippen LogP contribution in [0.2, 0.25) is 0 Å². The molecule has 0 aliphatic rings. The molecule has 0 unspecified atom stereocenters. The molecule has 0 bridgehead atoms. The lowest BCUT2D eigenvalue weighted by Crippen LogP contribution is -2.47. The molecule has 1 heterocycles. The Morgan fingerprint density at radius 3 is 2.54 bits per heavy atom. The van der Waals surface area contributed by atoms with Crippen molar-refractivity contribution in [2.75, 3.05) is 6.54 Å². The number of aryl methyl sites for hydroxylation is 1. The largest absolute Gasteiger partial charge is 0.486 e. The summed E-state index contributed by atoms with van der Waals surface area (Å²) in [6.45, 7) is 7.22. The second-order valence-electron chi connectivity index (χ2n) is 6.24. The van der Waals surface area contributed by atoms with Crippen molar-refractivity contribution < 1.29 is 13.9 Å².